The summed E-state index contributed by atoms with van der Waals surface area (Å²) in [6.07, 6.45) is 6.65. The number of ether oxygens (including phenoxy) is 1. The number of aliphatic hydroxyl groups is 1. The first-order chi connectivity index (χ1) is 14.6. The second-order valence-corrected chi connectivity index (χ2v) is 11.4. The van der Waals surface area contributed by atoms with Gasteiger partial charge < -0.3 is 14.9 Å². The fourth-order valence-corrected chi connectivity index (χ4v) is 8.83. The van der Waals surface area contributed by atoms with Gasteiger partial charge >= 0.3 is 63.3 Å². The summed E-state index contributed by atoms with van der Waals surface area (Å²) in [5.41, 5.74) is -0.343. The molecule has 2 N–H and O–H groups in total. The number of esters is 1. The molecule has 9 atom stereocenters. The number of aliphatic carboxylic acids is 1. The van der Waals surface area contributed by atoms with Crippen LogP contribution in [0.4, 0.5) is 0 Å². The van der Waals surface area contributed by atoms with Gasteiger partial charge in [0.25, 0.3) is 0 Å². The Balaban J connectivity index is 0.00000245. The number of hydrogen-bond donors (Lipinski definition) is 2. The molecule has 6 nitrogen and oxygen atoms in total. The molecule has 0 spiro atoms. The summed E-state index contributed by atoms with van der Waals surface area (Å²) >= 11 is 0. The molecule has 4 fully saturated rings. The van der Waals surface area contributed by atoms with Gasteiger partial charge in [0.15, 0.2) is 5.78 Å². The molecule has 32 heavy (non-hydrogen) atoms. The van der Waals surface area contributed by atoms with Crippen molar-refractivity contribution < 1.29 is 29.3 Å². The number of rotatable bonds is 4. The van der Waals surface area contributed by atoms with E-state index < -0.39 is 11.6 Å². The quantitative estimate of drug-likeness (QED) is 0.484. The van der Waals surface area contributed by atoms with Crippen molar-refractivity contribution >= 4 is 69.1 Å². The molecule has 0 aromatic heterocycles. The van der Waals surface area contributed by atoms with Crippen LogP contribution in [0.2, 0.25) is 0 Å². The van der Waals surface area contributed by atoms with Gasteiger partial charge in [-0.1, -0.05) is 19.4 Å². The summed E-state index contributed by atoms with van der Waals surface area (Å²) in [4.78, 5) is 36.5. The van der Waals surface area contributed by atoms with Gasteiger partial charge in [-0.05, 0) is 79.6 Å². The van der Waals surface area contributed by atoms with Gasteiger partial charge in [0.2, 0.25) is 0 Å². The van der Waals surface area contributed by atoms with Gasteiger partial charge in [0.1, 0.15) is 0 Å². The number of allylic oxidation sites excluding steroid dienone is 1. The van der Waals surface area contributed by atoms with Crippen molar-refractivity contribution in [2.24, 2.45) is 46.3 Å². The zero-order chi connectivity index (χ0) is 22.3. The van der Waals surface area contributed by atoms with Crippen molar-refractivity contribution in [3.05, 3.63) is 11.6 Å². The molecular formula is C25H35KO6. The van der Waals surface area contributed by atoms with Crippen LogP contribution < -0.4 is 0 Å². The molecule has 0 aromatic rings. The van der Waals surface area contributed by atoms with Crippen LogP contribution in [-0.4, -0.2) is 92.0 Å². The topological polar surface area (TPSA) is 101 Å². The normalized spacial score (nSPS) is 48.2. The van der Waals surface area contributed by atoms with Crippen molar-refractivity contribution in [2.45, 2.75) is 70.8 Å². The van der Waals surface area contributed by atoms with Crippen LogP contribution in [0.5, 0.6) is 0 Å². The fraction of sp³-hybridized carbons (Fsp3) is 0.800. The molecule has 172 valence electrons. The van der Waals surface area contributed by atoms with Crippen molar-refractivity contribution in [1.82, 2.24) is 0 Å². The first-order valence-corrected chi connectivity index (χ1v) is 11.8. The van der Waals surface area contributed by atoms with Gasteiger partial charge in [0, 0.05) is 18.3 Å². The Morgan fingerprint density at radius 2 is 1.94 bits per heavy atom. The molecule has 5 rings (SSSR count). The third-order valence-corrected chi connectivity index (χ3v) is 10.4. The number of methoxy groups -OCH3 is 1. The number of carbonyl (C=O) groups is 3. The molecule has 0 heterocycles. The number of ketones is 1. The van der Waals surface area contributed by atoms with Crippen LogP contribution in [0.25, 0.3) is 0 Å². The SMILES string of the molecule is COC(=O)[C@@H]1CC2=CC(=O)CC[C@]2(C)[C@H]2CC[C@@]3(C)[C@@H]([C@@H]4C[C@@H]4[C@@]3(O)CCC(=O)O)[C@H]12.[KH]. The summed E-state index contributed by atoms with van der Waals surface area (Å²) in [5, 5.41) is 21.2. The molecule has 5 aliphatic rings. The van der Waals surface area contributed by atoms with E-state index in [0.29, 0.717) is 18.8 Å². The Hall–Kier alpha value is -0.0536. The molecule has 0 radical (unpaired) electrons. The first kappa shape index (κ1) is 25.1. The molecule has 7 heteroatoms. The first-order valence-electron chi connectivity index (χ1n) is 11.8. The Bertz CT molecular complexity index is 884. The Labute approximate surface area is 232 Å². The molecule has 4 saturated carbocycles. The van der Waals surface area contributed by atoms with Crippen LogP contribution in [0, 0.1) is 46.3 Å². The number of carbonyl (C=O) groups excluding carboxylic acids is 2. The average molecular weight is 471 g/mol. The van der Waals surface area contributed by atoms with Gasteiger partial charge in [-0.3, -0.25) is 14.4 Å². The summed E-state index contributed by atoms with van der Waals surface area (Å²) in [6.45, 7) is 4.42. The van der Waals surface area contributed by atoms with Crippen molar-refractivity contribution in [3.8, 4) is 0 Å². The van der Waals surface area contributed by atoms with E-state index in [1.165, 1.54) is 7.11 Å². The zero-order valence-corrected chi connectivity index (χ0v) is 18.7. The maximum absolute atomic E-state index is 13.0. The van der Waals surface area contributed by atoms with E-state index in [1.807, 2.05) is 0 Å². The number of carboxylic acids is 1. The van der Waals surface area contributed by atoms with Crippen molar-refractivity contribution in [1.29, 1.82) is 0 Å². The molecule has 0 amide bonds. The van der Waals surface area contributed by atoms with Gasteiger partial charge in [-0.2, -0.15) is 0 Å². The van der Waals surface area contributed by atoms with E-state index in [2.05, 4.69) is 13.8 Å². The Kier molecular flexibility index (Phi) is 6.47. The predicted octanol–water partition coefficient (Wildman–Crippen LogP) is 2.72. The Morgan fingerprint density at radius 1 is 1.22 bits per heavy atom. The average Bonchev–Trinajstić information content (AvgIpc) is 3.48. The van der Waals surface area contributed by atoms with Gasteiger partial charge in [0.05, 0.1) is 18.6 Å². The van der Waals surface area contributed by atoms with E-state index in [9.17, 15) is 24.6 Å². The fourth-order valence-electron chi connectivity index (χ4n) is 8.83. The minimum absolute atomic E-state index is 0. The molecule has 0 aromatic carbocycles. The van der Waals surface area contributed by atoms with Crippen LogP contribution in [0.3, 0.4) is 0 Å². The van der Waals surface area contributed by atoms with E-state index in [-0.39, 0.29) is 116 Å². The van der Waals surface area contributed by atoms with Crippen LogP contribution >= 0.6 is 0 Å². The minimum atomic E-state index is -0.980. The van der Waals surface area contributed by atoms with E-state index in [1.54, 1.807) is 6.08 Å². The number of carboxylic acid groups (broad SMARTS) is 1. The number of fused-ring (bicyclic) bond motifs is 7. The van der Waals surface area contributed by atoms with Gasteiger partial charge in [-0.15, -0.1) is 0 Å². The second kappa shape index (κ2) is 8.27. The number of hydrogen-bond acceptors (Lipinski definition) is 5. The van der Waals surface area contributed by atoms with Crippen molar-refractivity contribution in [3.63, 3.8) is 0 Å². The second-order valence-electron chi connectivity index (χ2n) is 11.4. The van der Waals surface area contributed by atoms with E-state index >= 15 is 0 Å². The zero-order valence-electron chi connectivity index (χ0n) is 18.7. The summed E-state index contributed by atoms with van der Waals surface area (Å²) in [7, 11) is 1.44. The molecule has 0 saturated heterocycles. The molecule has 0 bridgehead atoms. The van der Waals surface area contributed by atoms with E-state index in [4.69, 9.17) is 4.74 Å². The van der Waals surface area contributed by atoms with Crippen LogP contribution in [0.1, 0.15) is 65.2 Å². The predicted molar refractivity (Wildman–Crippen MR) is 119 cm³/mol. The van der Waals surface area contributed by atoms with E-state index in [0.717, 1.165) is 31.3 Å². The summed E-state index contributed by atoms with van der Waals surface area (Å²) < 4.78 is 5.25. The third-order valence-electron chi connectivity index (χ3n) is 10.4. The molecule has 0 aliphatic heterocycles. The Morgan fingerprint density at radius 3 is 2.59 bits per heavy atom. The summed E-state index contributed by atoms with van der Waals surface area (Å²) in [5.74, 6) is -0.158. The third kappa shape index (κ3) is 3.32. The summed E-state index contributed by atoms with van der Waals surface area (Å²) in [6, 6.07) is 0. The van der Waals surface area contributed by atoms with Gasteiger partial charge in [-0.25, -0.2) is 0 Å². The molecule has 0 unspecified atom stereocenters. The molecular weight excluding hydrogens is 435 g/mol. The maximum atomic E-state index is 13.0. The standard InChI is InChI=1S/C25H34O6.K.H/c1-23-7-4-14(26)10-13(23)11-16(22(29)31-3)20-17(23)5-8-24(2)21(20)15-12-18(15)25(24,30)9-6-19(27)28;;/h10,15-18,20-21,30H,4-9,11-12H2,1-3H3,(H,27,28);;/t15-,16-,17+,18+,20-,21+,23+,24+,25+;;/m1../s1. The monoisotopic (exact) mass is 470 g/mol. The van der Waals surface area contributed by atoms with Crippen molar-refractivity contribution in [2.75, 3.05) is 7.11 Å². The van der Waals surface area contributed by atoms with Crippen LogP contribution in [0.15, 0.2) is 11.6 Å². The molecule has 5 aliphatic carbocycles. The van der Waals surface area contributed by atoms with Crippen LogP contribution in [-0.2, 0) is 19.1 Å².